The third kappa shape index (κ3) is 2.24. The molecule has 15 heavy (non-hydrogen) atoms. The fourth-order valence-corrected chi connectivity index (χ4v) is 2.55. The Morgan fingerprint density at radius 2 is 2.07 bits per heavy atom. The molecule has 80 valence electrons. The summed E-state index contributed by atoms with van der Waals surface area (Å²) < 4.78 is 37.1. The molecule has 0 aliphatic heterocycles. The number of alkyl halides is 3. The molecule has 9 heteroatoms. The van der Waals surface area contributed by atoms with Gasteiger partial charge in [0.15, 0.2) is 14.0 Å². The van der Waals surface area contributed by atoms with E-state index in [2.05, 4.69) is 15.2 Å². The normalized spacial score (nSPS) is 11.9. The summed E-state index contributed by atoms with van der Waals surface area (Å²) in [5.41, 5.74) is 0. The van der Waals surface area contributed by atoms with Crippen LogP contribution in [0.5, 0.6) is 0 Å². The minimum atomic E-state index is -4.40. The van der Waals surface area contributed by atoms with Crippen LogP contribution < -0.4 is 0 Å². The van der Waals surface area contributed by atoms with E-state index in [0.717, 1.165) is 17.5 Å². The van der Waals surface area contributed by atoms with Crippen molar-refractivity contribution in [2.75, 3.05) is 0 Å². The standard InChI is InChI=1S/C6H2F3N3S3/c7-6(8,9)4-10-1-2(14-4)3-11-12-5(13)15-3/h1H,(H,12,13). The van der Waals surface area contributed by atoms with E-state index in [1.807, 2.05) is 0 Å². The van der Waals surface area contributed by atoms with Gasteiger partial charge in [-0.05, 0) is 12.2 Å². The van der Waals surface area contributed by atoms with Crippen molar-refractivity contribution in [2.24, 2.45) is 0 Å². The first-order valence-electron chi connectivity index (χ1n) is 3.56. The summed E-state index contributed by atoms with van der Waals surface area (Å²) in [6.07, 6.45) is -3.25. The highest BCUT2D eigenvalue weighted by atomic mass is 32.1. The van der Waals surface area contributed by atoms with Crippen LogP contribution in [0.15, 0.2) is 6.20 Å². The van der Waals surface area contributed by atoms with Crippen LogP contribution in [0.3, 0.4) is 0 Å². The molecule has 0 aliphatic rings. The van der Waals surface area contributed by atoms with Crippen molar-refractivity contribution in [1.82, 2.24) is 15.2 Å². The van der Waals surface area contributed by atoms with E-state index in [0.29, 0.717) is 25.2 Å². The molecule has 0 amide bonds. The van der Waals surface area contributed by atoms with Gasteiger partial charge in [0.2, 0.25) is 0 Å². The van der Waals surface area contributed by atoms with Crippen LogP contribution in [0.1, 0.15) is 5.01 Å². The monoisotopic (exact) mass is 269 g/mol. The number of nitrogens with one attached hydrogen (secondary N) is 1. The number of hydrogen-bond donors (Lipinski definition) is 1. The van der Waals surface area contributed by atoms with Gasteiger partial charge in [-0.3, -0.25) is 5.10 Å². The van der Waals surface area contributed by atoms with E-state index < -0.39 is 11.2 Å². The second kappa shape index (κ2) is 3.65. The van der Waals surface area contributed by atoms with Gasteiger partial charge < -0.3 is 0 Å². The van der Waals surface area contributed by atoms with E-state index in [1.165, 1.54) is 0 Å². The van der Waals surface area contributed by atoms with E-state index in [1.54, 1.807) is 0 Å². The second-order valence-corrected chi connectivity index (χ2v) is 5.14. The molecule has 0 saturated heterocycles. The van der Waals surface area contributed by atoms with Crippen LogP contribution in [0.4, 0.5) is 13.2 Å². The summed E-state index contributed by atoms with van der Waals surface area (Å²) in [5, 5.41) is 5.82. The Labute approximate surface area is 94.6 Å². The van der Waals surface area contributed by atoms with Crippen LogP contribution >= 0.6 is 34.9 Å². The zero-order chi connectivity index (χ0) is 11.1. The molecular weight excluding hydrogens is 267 g/mol. The fraction of sp³-hybridized carbons (Fsp3) is 0.167. The summed E-state index contributed by atoms with van der Waals surface area (Å²) in [4.78, 5) is 3.65. The Balaban J connectivity index is 2.40. The van der Waals surface area contributed by atoms with Crippen LogP contribution in [0, 0.1) is 3.95 Å². The van der Waals surface area contributed by atoms with Crippen molar-refractivity contribution in [3.8, 4) is 9.88 Å². The Kier molecular flexibility index (Phi) is 2.61. The maximum Gasteiger partial charge on any atom is 0.443 e. The first kappa shape index (κ1) is 10.7. The topological polar surface area (TPSA) is 41.6 Å². The van der Waals surface area contributed by atoms with Crippen LogP contribution in [0.25, 0.3) is 9.88 Å². The van der Waals surface area contributed by atoms with Crippen molar-refractivity contribution in [3.63, 3.8) is 0 Å². The van der Waals surface area contributed by atoms with Gasteiger partial charge in [0.1, 0.15) is 0 Å². The number of thiazole rings is 1. The van der Waals surface area contributed by atoms with Crippen LogP contribution in [0.2, 0.25) is 0 Å². The smallest absolute Gasteiger partial charge is 0.258 e. The number of hydrogen-bond acceptors (Lipinski definition) is 5. The third-order valence-electron chi connectivity index (χ3n) is 1.40. The lowest BCUT2D eigenvalue weighted by molar-refractivity contribution is -0.137. The van der Waals surface area contributed by atoms with E-state index >= 15 is 0 Å². The summed E-state index contributed by atoms with van der Waals surface area (Å²) in [6, 6.07) is 0. The van der Waals surface area contributed by atoms with E-state index in [4.69, 9.17) is 12.2 Å². The van der Waals surface area contributed by atoms with Gasteiger partial charge in [-0.15, -0.1) is 11.3 Å². The molecule has 3 nitrogen and oxygen atoms in total. The lowest BCUT2D eigenvalue weighted by Gasteiger charge is -1.98. The Bertz CT molecular complexity index is 523. The van der Waals surface area contributed by atoms with Gasteiger partial charge in [0.05, 0.1) is 4.88 Å². The van der Waals surface area contributed by atoms with Gasteiger partial charge in [0, 0.05) is 6.20 Å². The molecule has 0 unspecified atom stereocenters. The zero-order valence-corrected chi connectivity index (χ0v) is 9.28. The molecule has 0 aliphatic carbocycles. The Morgan fingerprint density at radius 1 is 1.33 bits per heavy atom. The molecule has 0 aromatic carbocycles. The number of nitrogens with zero attached hydrogens (tertiary/aromatic N) is 2. The molecule has 2 heterocycles. The quantitative estimate of drug-likeness (QED) is 0.807. The Hall–Kier alpha value is -0.800. The maximum atomic E-state index is 12.2. The first-order chi connectivity index (χ1) is 6.97. The first-order valence-corrected chi connectivity index (χ1v) is 5.60. The molecule has 0 atom stereocenters. The molecule has 1 N–H and O–H groups in total. The van der Waals surface area contributed by atoms with Gasteiger partial charge in [-0.1, -0.05) is 11.3 Å². The summed E-state index contributed by atoms with van der Waals surface area (Å²) in [7, 11) is 0. The zero-order valence-electron chi connectivity index (χ0n) is 6.83. The van der Waals surface area contributed by atoms with E-state index in [-0.39, 0.29) is 0 Å². The van der Waals surface area contributed by atoms with Gasteiger partial charge in [-0.25, -0.2) is 4.98 Å². The molecule has 0 bridgehead atoms. The summed E-state index contributed by atoms with van der Waals surface area (Å²) in [5.74, 6) is 0. The van der Waals surface area contributed by atoms with Gasteiger partial charge in [0.25, 0.3) is 0 Å². The number of aromatic nitrogens is 3. The average molecular weight is 269 g/mol. The second-order valence-electron chi connectivity index (χ2n) is 2.45. The molecule has 0 spiro atoms. The predicted molar refractivity (Wildman–Crippen MR) is 53.4 cm³/mol. The Morgan fingerprint density at radius 3 is 2.53 bits per heavy atom. The number of halogens is 3. The van der Waals surface area contributed by atoms with Crippen molar-refractivity contribution in [1.29, 1.82) is 0 Å². The SMILES string of the molecule is FC(F)(F)c1ncc(-c2n[nH]c(=S)s2)s1. The minimum Gasteiger partial charge on any atom is -0.258 e. The van der Waals surface area contributed by atoms with Crippen LogP contribution in [-0.4, -0.2) is 15.2 Å². The molecule has 2 aromatic heterocycles. The van der Waals surface area contributed by atoms with Crippen molar-refractivity contribution < 1.29 is 13.2 Å². The third-order valence-corrected chi connectivity index (χ3v) is 3.70. The van der Waals surface area contributed by atoms with Gasteiger partial charge >= 0.3 is 6.18 Å². The highest BCUT2D eigenvalue weighted by Gasteiger charge is 2.34. The van der Waals surface area contributed by atoms with E-state index in [9.17, 15) is 13.2 Å². The average Bonchev–Trinajstić information content (AvgIpc) is 2.69. The molecule has 2 aromatic rings. The van der Waals surface area contributed by atoms with Gasteiger partial charge in [-0.2, -0.15) is 18.3 Å². The summed E-state index contributed by atoms with van der Waals surface area (Å²) in [6.45, 7) is 0. The maximum absolute atomic E-state index is 12.2. The highest BCUT2D eigenvalue weighted by molar-refractivity contribution is 7.73. The van der Waals surface area contributed by atoms with Crippen molar-refractivity contribution in [2.45, 2.75) is 6.18 Å². The number of H-pyrrole nitrogens is 1. The lowest BCUT2D eigenvalue weighted by atomic mass is 10.6. The molecule has 2 rings (SSSR count). The van der Waals surface area contributed by atoms with Crippen LogP contribution in [-0.2, 0) is 6.18 Å². The fourth-order valence-electron chi connectivity index (χ4n) is 0.839. The summed E-state index contributed by atoms with van der Waals surface area (Å²) >= 11 is 6.44. The number of rotatable bonds is 1. The minimum absolute atomic E-state index is 0.361. The van der Waals surface area contributed by atoms with Crippen molar-refractivity contribution in [3.05, 3.63) is 15.2 Å². The molecule has 0 fully saturated rings. The predicted octanol–water partition coefficient (Wildman–Crippen LogP) is 3.34. The molecular formula is C6H2F3N3S3. The largest absolute Gasteiger partial charge is 0.443 e. The molecule has 0 radical (unpaired) electrons. The number of aromatic amines is 1. The highest BCUT2D eigenvalue weighted by Crippen LogP contribution is 2.36. The van der Waals surface area contributed by atoms with Crippen molar-refractivity contribution >= 4 is 34.9 Å². The lowest BCUT2D eigenvalue weighted by Crippen LogP contribution is -2.02. The molecule has 0 saturated carbocycles.